The molecule has 662 valence electrons. The molecule has 0 N–H and O–H groups in total. The molecule has 0 aliphatic heterocycles. The summed E-state index contributed by atoms with van der Waals surface area (Å²) in [5, 5.41) is 21.4. The van der Waals surface area contributed by atoms with E-state index in [1.54, 1.807) is 0 Å². The number of nitrogens with zero attached hydrogens (tertiary/aromatic N) is 3. The molecule has 0 saturated carbocycles. The molecule has 3 heterocycles. The minimum atomic E-state index is -0.432. The molecule has 0 amide bonds. The molecule has 32 rings (SSSR count). The van der Waals surface area contributed by atoms with Gasteiger partial charge in [-0.05, 0) is 317 Å². The number of hydrogen-bond acceptors (Lipinski definition) is 6. The average Bonchev–Trinajstić information content (AvgIpc) is 1.51. The third-order valence-electron chi connectivity index (χ3n) is 31.0. The van der Waals surface area contributed by atoms with Crippen LogP contribution in [0.5, 0.6) is 0 Å². The summed E-state index contributed by atoms with van der Waals surface area (Å²) in [6, 6.07) is 178. The van der Waals surface area contributed by atoms with E-state index in [0.717, 1.165) is 93.1 Å². The molecule has 4 aliphatic carbocycles. The van der Waals surface area contributed by atoms with Crippen LogP contribution in [-0.4, -0.2) is 15.0 Å². The first-order valence-electron chi connectivity index (χ1n) is 49.1. The van der Waals surface area contributed by atoms with Crippen LogP contribution in [0, 0.1) is 0 Å². The molecule has 6 nitrogen and oxygen atoms in total. The molecule has 0 saturated heterocycles. The number of benzene rings is 25. The predicted octanol–water partition coefficient (Wildman–Crippen LogP) is 36.2. The van der Waals surface area contributed by atoms with Crippen LogP contribution in [-0.2, 0) is 10.8 Å². The van der Waals surface area contributed by atoms with Gasteiger partial charge in [-0.25, -0.2) is 15.0 Å². The number of rotatable bonds is 7. The van der Waals surface area contributed by atoms with Gasteiger partial charge in [0.25, 0.3) is 0 Å². The van der Waals surface area contributed by atoms with E-state index in [0.29, 0.717) is 17.7 Å². The van der Waals surface area contributed by atoms with Gasteiger partial charge in [0.05, 0.1) is 10.8 Å². The second-order valence-corrected chi connectivity index (χ2v) is 38.5. The Balaban J connectivity index is 0.000000101. The molecule has 0 atom stereocenters. The third-order valence-corrected chi connectivity index (χ3v) is 31.0. The van der Waals surface area contributed by atoms with Crippen molar-refractivity contribution in [1.29, 1.82) is 0 Å². The van der Waals surface area contributed by atoms with Gasteiger partial charge in [-0.2, -0.15) is 0 Å². The van der Waals surface area contributed by atoms with Gasteiger partial charge in [0.1, 0.15) is 16.6 Å². The lowest BCUT2D eigenvalue weighted by Crippen LogP contribution is -2.26. The molecular formula is C137H81N3O3. The Morgan fingerprint density at radius 3 is 0.993 bits per heavy atom. The molecule has 0 fully saturated rings. The van der Waals surface area contributed by atoms with Crippen LogP contribution in [0.15, 0.2) is 505 Å². The van der Waals surface area contributed by atoms with Gasteiger partial charge in [-0.15, -0.1) is 0 Å². The summed E-state index contributed by atoms with van der Waals surface area (Å²) in [6.45, 7) is 0. The molecule has 6 heteroatoms. The first-order valence-corrected chi connectivity index (χ1v) is 49.1. The summed E-state index contributed by atoms with van der Waals surface area (Å²) in [6.07, 6.45) is 0. The van der Waals surface area contributed by atoms with Crippen LogP contribution >= 0.6 is 0 Å². The van der Waals surface area contributed by atoms with Crippen molar-refractivity contribution >= 4 is 130 Å². The van der Waals surface area contributed by atoms with Crippen molar-refractivity contribution in [3.8, 4) is 123 Å². The lowest BCUT2D eigenvalue weighted by atomic mass is 9.69. The number of hydrogen-bond donors (Lipinski definition) is 0. The molecule has 3 aromatic heterocycles. The Hall–Kier alpha value is -18.8. The van der Waals surface area contributed by atoms with E-state index in [9.17, 15) is 0 Å². The van der Waals surface area contributed by atoms with Crippen molar-refractivity contribution in [2.24, 2.45) is 0 Å². The lowest BCUT2D eigenvalue weighted by molar-refractivity contribution is 0.623. The number of fused-ring (bicyclic) bond motifs is 39. The lowest BCUT2D eigenvalue weighted by Gasteiger charge is -2.31. The van der Waals surface area contributed by atoms with Gasteiger partial charge in [-0.1, -0.05) is 388 Å². The van der Waals surface area contributed by atoms with E-state index in [2.05, 4.69) is 394 Å². The zero-order chi connectivity index (χ0) is 93.7. The topological polar surface area (TPSA) is 78.1 Å². The quantitative estimate of drug-likeness (QED) is 0.148. The first-order chi connectivity index (χ1) is 70.8. The van der Waals surface area contributed by atoms with Crippen molar-refractivity contribution in [3.05, 3.63) is 536 Å². The van der Waals surface area contributed by atoms with Crippen LogP contribution in [0.3, 0.4) is 0 Å². The van der Waals surface area contributed by atoms with Crippen molar-refractivity contribution in [1.82, 2.24) is 15.0 Å². The Bertz CT molecular complexity index is 10200. The van der Waals surface area contributed by atoms with Gasteiger partial charge >= 0.3 is 0 Å². The standard InChI is InChI=1S/2C50H29NO.C37H23NO/c1-2-11-33(12-3-1)49-51-45-27-24-32-20-18-31-19-21-34(28-41(31)46(32)48(45)52-49)35-23-25-39-40-26-22-30-10-4-5-13-36(30)47(40)50(44(39)29-35)42-16-8-6-14-37(42)38-15-7-9-17-43(38)50;1-2-10-32(11-3-1)49-51-46-25-23-31-20-18-30-19-21-35(26-40(30)47(31)48(46)52-49)36-22-24-39-41-27-33-12-4-5-13-34(33)28-45(41)50(44(39)29-36)42-16-8-6-14-37(42)38-15-7-9-17-43(38)50;1-2-9-26(10-3-1)37-38-34-21-19-25-16-17-30-23-28(18-20-33(30)35(25)36(34)39-37)27-12-6-13-29(22-27)32-15-7-11-24-8-4-5-14-31(24)32/h2*1-29H;1-23H. The van der Waals surface area contributed by atoms with Crippen LogP contribution in [0.2, 0.25) is 0 Å². The normalized spacial score (nSPS) is 13.0. The highest BCUT2D eigenvalue weighted by Crippen LogP contribution is 2.67. The van der Waals surface area contributed by atoms with E-state index >= 15 is 0 Å². The van der Waals surface area contributed by atoms with Gasteiger partial charge in [0.15, 0.2) is 16.7 Å². The largest absolute Gasteiger partial charge is 0.435 e. The Morgan fingerprint density at radius 1 is 0.147 bits per heavy atom. The molecular weight excluding hydrogens is 1740 g/mol. The van der Waals surface area contributed by atoms with Gasteiger partial charge in [0, 0.05) is 32.8 Å². The monoisotopic (exact) mass is 1820 g/mol. The predicted molar refractivity (Wildman–Crippen MR) is 590 cm³/mol. The Kier molecular flexibility index (Phi) is 17.6. The van der Waals surface area contributed by atoms with E-state index in [4.69, 9.17) is 28.2 Å². The van der Waals surface area contributed by atoms with Crippen LogP contribution in [0.25, 0.3) is 254 Å². The summed E-state index contributed by atoms with van der Waals surface area (Å²) >= 11 is 0. The Morgan fingerprint density at radius 2 is 0.462 bits per heavy atom. The maximum absolute atomic E-state index is 6.57. The first kappa shape index (κ1) is 80.4. The van der Waals surface area contributed by atoms with Crippen LogP contribution in [0.4, 0.5) is 0 Å². The van der Waals surface area contributed by atoms with Crippen molar-refractivity contribution in [2.45, 2.75) is 10.8 Å². The fraction of sp³-hybridized carbons (Fsp3) is 0.0146. The third kappa shape index (κ3) is 12.1. The highest BCUT2D eigenvalue weighted by Gasteiger charge is 2.54. The molecule has 0 bridgehead atoms. The minimum Gasteiger partial charge on any atom is -0.435 e. The second-order valence-electron chi connectivity index (χ2n) is 38.5. The number of aromatic nitrogens is 3. The summed E-state index contributed by atoms with van der Waals surface area (Å²) in [5.41, 5.74) is 38.2. The molecule has 2 spiro atoms. The highest BCUT2D eigenvalue weighted by atomic mass is 16.4. The summed E-state index contributed by atoms with van der Waals surface area (Å²) < 4.78 is 19.5. The van der Waals surface area contributed by atoms with E-state index in [1.165, 1.54) is 187 Å². The molecule has 25 aromatic carbocycles. The highest BCUT2D eigenvalue weighted by molar-refractivity contribution is 6.22. The van der Waals surface area contributed by atoms with Gasteiger partial charge in [-0.3, -0.25) is 0 Å². The molecule has 4 aliphatic rings. The van der Waals surface area contributed by atoms with Crippen LogP contribution in [0.1, 0.15) is 44.5 Å². The van der Waals surface area contributed by atoms with Crippen molar-refractivity contribution in [3.63, 3.8) is 0 Å². The second kappa shape index (κ2) is 31.4. The van der Waals surface area contributed by atoms with E-state index < -0.39 is 10.8 Å². The molecule has 0 radical (unpaired) electrons. The maximum atomic E-state index is 6.57. The van der Waals surface area contributed by atoms with Crippen molar-refractivity contribution in [2.75, 3.05) is 0 Å². The fourth-order valence-corrected chi connectivity index (χ4v) is 24.7. The Labute approximate surface area is 822 Å². The molecule has 28 aromatic rings. The summed E-state index contributed by atoms with van der Waals surface area (Å²) in [5.74, 6) is 1.94. The SMILES string of the molecule is c1ccc(-c2nc3ccc4ccc5cc(-c6cccc(-c7cccc8ccccc78)c6)ccc5c4c3o2)cc1.c1ccc(-c2nc3ccc4ccc5ccc(-c6ccc7c(c6)C6(c8ccccc8-c8ccccc86)c6c-7ccc7ccccc67)cc5c4c3o2)cc1.c1ccc(-c2nc3ccc4ccc5ccc(-c6ccc7c(c6)C6(c8ccccc8-c8ccccc86)c6cc8ccccc8cc6-7)cc5c4c3o2)cc1. The zero-order valence-corrected chi connectivity index (χ0v) is 77.3. The van der Waals surface area contributed by atoms with Gasteiger partial charge in [0.2, 0.25) is 17.7 Å². The molecule has 0 unspecified atom stereocenters. The molecule has 143 heavy (non-hydrogen) atoms. The fourth-order valence-electron chi connectivity index (χ4n) is 24.7. The minimum absolute atomic E-state index is 0.415. The van der Waals surface area contributed by atoms with Gasteiger partial charge < -0.3 is 13.3 Å². The summed E-state index contributed by atoms with van der Waals surface area (Å²) in [7, 11) is 0. The maximum Gasteiger partial charge on any atom is 0.227 e. The smallest absolute Gasteiger partial charge is 0.227 e. The van der Waals surface area contributed by atoms with E-state index in [1.807, 2.05) is 97.1 Å². The zero-order valence-electron chi connectivity index (χ0n) is 77.3. The summed E-state index contributed by atoms with van der Waals surface area (Å²) in [4.78, 5) is 14.6. The van der Waals surface area contributed by atoms with Crippen LogP contribution < -0.4 is 0 Å². The van der Waals surface area contributed by atoms with E-state index in [-0.39, 0.29) is 0 Å². The number of oxazole rings is 3. The average molecular weight is 1820 g/mol. The van der Waals surface area contributed by atoms with Crippen molar-refractivity contribution < 1.29 is 13.3 Å².